The second kappa shape index (κ2) is 6.52. The van der Waals surface area contributed by atoms with E-state index in [0.717, 1.165) is 44.7 Å². The van der Waals surface area contributed by atoms with Crippen molar-refractivity contribution in [2.24, 2.45) is 0 Å². The van der Waals surface area contributed by atoms with E-state index in [4.69, 9.17) is 0 Å². The number of piperidine rings is 1. The predicted molar refractivity (Wildman–Crippen MR) is 101 cm³/mol. The van der Waals surface area contributed by atoms with Crippen LogP contribution in [0.15, 0.2) is 54.6 Å². The first-order chi connectivity index (χ1) is 12.2. The Labute approximate surface area is 149 Å². The lowest BCUT2D eigenvalue weighted by molar-refractivity contribution is 0.163. The van der Waals surface area contributed by atoms with Gasteiger partial charge in [-0.2, -0.15) is 0 Å². The molecule has 4 heteroatoms. The zero-order chi connectivity index (χ0) is 17.3. The Morgan fingerprint density at radius 2 is 1.80 bits per heavy atom. The van der Waals surface area contributed by atoms with Crippen molar-refractivity contribution in [3.63, 3.8) is 0 Å². The number of urea groups is 1. The van der Waals surface area contributed by atoms with Crippen molar-refractivity contribution in [2.75, 3.05) is 24.5 Å². The number of anilines is 1. The van der Waals surface area contributed by atoms with Crippen LogP contribution in [0, 0.1) is 6.92 Å². The van der Waals surface area contributed by atoms with Gasteiger partial charge in [-0.25, -0.2) is 4.79 Å². The maximum atomic E-state index is 12.5. The summed E-state index contributed by atoms with van der Waals surface area (Å²) in [5.74, 6) is 0. The molecule has 2 heterocycles. The van der Waals surface area contributed by atoms with Crippen LogP contribution >= 0.6 is 0 Å². The van der Waals surface area contributed by atoms with Crippen LogP contribution in [0.4, 0.5) is 10.5 Å². The van der Waals surface area contributed by atoms with E-state index >= 15 is 0 Å². The SMILES string of the molecule is Cc1cccc(N2C(=O)NCC23CCN(Cc2ccccc2)CC3)c1. The summed E-state index contributed by atoms with van der Waals surface area (Å²) in [6.07, 6.45) is 2.01. The average molecular weight is 335 g/mol. The Morgan fingerprint density at radius 3 is 2.52 bits per heavy atom. The summed E-state index contributed by atoms with van der Waals surface area (Å²) in [6.45, 7) is 5.85. The minimum atomic E-state index is -0.0853. The standard InChI is InChI=1S/C21H25N3O/c1-17-6-5-9-19(14-17)24-20(25)22-16-21(24)10-12-23(13-11-21)15-18-7-3-2-4-8-18/h2-9,14H,10-13,15-16H2,1H3,(H,22,25). The molecule has 0 bridgehead atoms. The zero-order valence-electron chi connectivity index (χ0n) is 14.7. The van der Waals surface area contributed by atoms with Gasteiger partial charge in [0.05, 0.1) is 5.54 Å². The molecule has 0 unspecified atom stereocenters. The van der Waals surface area contributed by atoms with Crippen LogP contribution in [-0.2, 0) is 6.54 Å². The highest BCUT2D eigenvalue weighted by Gasteiger charge is 2.47. The molecular weight excluding hydrogens is 310 g/mol. The summed E-state index contributed by atoms with van der Waals surface area (Å²) < 4.78 is 0. The van der Waals surface area contributed by atoms with E-state index in [0.29, 0.717) is 0 Å². The van der Waals surface area contributed by atoms with E-state index in [9.17, 15) is 4.79 Å². The number of likely N-dealkylation sites (tertiary alicyclic amines) is 1. The van der Waals surface area contributed by atoms with Gasteiger partial charge in [0.1, 0.15) is 0 Å². The first kappa shape index (κ1) is 16.2. The second-order valence-corrected chi connectivity index (χ2v) is 7.32. The fraction of sp³-hybridized carbons (Fsp3) is 0.381. The summed E-state index contributed by atoms with van der Waals surface area (Å²) in [7, 11) is 0. The Bertz CT molecular complexity index is 751. The molecule has 2 amide bonds. The van der Waals surface area contributed by atoms with Gasteiger partial charge in [0, 0.05) is 31.9 Å². The molecule has 2 aromatic rings. The van der Waals surface area contributed by atoms with Crippen molar-refractivity contribution in [1.82, 2.24) is 10.2 Å². The molecule has 1 N–H and O–H groups in total. The summed E-state index contributed by atoms with van der Waals surface area (Å²) >= 11 is 0. The molecule has 2 aromatic carbocycles. The molecule has 25 heavy (non-hydrogen) atoms. The number of hydrogen-bond donors (Lipinski definition) is 1. The normalized spacial score (nSPS) is 20.0. The third kappa shape index (κ3) is 3.14. The predicted octanol–water partition coefficient (Wildman–Crippen LogP) is 3.56. The van der Waals surface area contributed by atoms with E-state index in [1.807, 2.05) is 11.0 Å². The van der Waals surface area contributed by atoms with E-state index < -0.39 is 0 Å². The quantitative estimate of drug-likeness (QED) is 0.931. The number of carbonyl (C=O) groups is 1. The highest BCUT2D eigenvalue weighted by Crippen LogP contribution is 2.36. The Morgan fingerprint density at radius 1 is 1.04 bits per heavy atom. The minimum Gasteiger partial charge on any atom is -0.335 e. The molecule has 1 spiro atoms. The maximum absolute atomic E-state index is 12.5. The molecule has 2 aliphatic rings. The lowest BCUT2D eigenvalue weighted by Gasteiger charge is -2.43. The van der Waals surface area contributed by atoms with E-state index in [2.05, 4.69) is 65.7 Å². The van der Waals surface area contributed by atoms with E-state index in [1.165, 1.54) is 11.1 Å². The van der Waals surface area contributed by atoms with Crippen molar-refractivity contribution < 1.29 is 4.79 Å². The Hall–Kier alpha value is -2.33. The summed E-state index contributed by atoms with van der Waals surface area (Å²) in [6, 6.07) is 18.9. The molecule has 0 saturated carbocycles. The van der Waals surface area contributed by atoms with Crippen LogP contribution in [0.2, 0.25) is 0 Å². The van der Waals surface area contributed by atoms with Gasteiger partial charge >= 0.3 is 6.03 Å². The van der Waals surface area contributed by atoms with Gasteiger partial charge in [-0.05, 0) is 43.0 Å². The first-order valence-electron chi connectivity index (χ1n) is 9.07. The van der Waals surface area contributed by atoms with Gasteiger partial charge in [0.25, 0.3) is 0 Å². The van der Waals surface area contributed by atoms with Gasteiger partial charge in [-0.15, -0.1) is 0 Å². The lowest BCUT2D eigenvalue weighted by Crippen LogP contribution is -2.54. The number of benzene rings is 2. The monoisotopic (exact) mass is 335 g/mol. The van der Waals surface area contributed by atoms with Crippen molar-refractivity contribution in [1.29, 1.82) is 0 Å². The highest BCUT2D eigenvalue weighted by molar-refractivity contribution is 5.96. The van der Waals surface area contributed by atoms with Gasteiger partial charge in [0.2, 0.25) is 0 Å². The average Bonchev–Trinajstić information content (AvgIpc) is 2.94. The van der Waals surface area contributed by atoms with Crippen molar-refractivity contribution in [2.45, 2.75) is 31.8 Å². The third-order valence-electron chi connectivity index (χ3n) is 5.54. The van der Waals surface area contributed by atoms with Gasteiger partial charge in [-0.3, -0.25) is 9.80 Å². The summed E-state index contributed by atoms with van der Waals surface area (Å²) in [4.78, 5) is 17.0. The molecule has 2 saturated heterocycles. The van der Waals surface area contributed by atoms with Crippen LogP contribution in [0.3, 0.4) is 0 Å². The molecule has 4 rings (SSSR count). The number of amides is 2. The van der Waals surface area contributed by atoms with Gasteiger partial charge in [0.15, 0.2) is 0 Å². The molecule has 2 fully saturated rings. The maximum Gasteiger partial charge on any atom is 0.322 e. The summed E-state index contributed by atoms with van der Waals surface area (Å²) in [5.41, 5.74) is 3.48. The van der Waals surface area contributed by atoms with E-state index in [1.54, 1.807) is 0 Å². The second-order valence-electron chi connectivity index (χ2n) is 7.32. The number of rotatable bonds is 3. The molecule has 0 atom stereocenters. The number of nitrogens with zero attached hydrogens (tertiary/aromatic N) is 2. The number of carbonyl (C=O) groups excluding carboxylic acids is 1. The molecule has 0 radical (unpaired) electrons. The van der Waals surface area contributed by atoms with Crippen LogP contribution in [0.5, 0.6) is 0 Å². The first-order valence-corrected chi connectivity index (χ1v) is 9.07. The Balaban J connectivity index is 1.50. The largest absolute Gasteiger partial charge is 0.335 e. The van der Waals surface area contributed by atoms with Crippen LogP contribution in [0.25, 0.3) is 0 Å². The van der Waals surface area contributed by atoms with Crippen LogP contribution in [-0.4, -0.2) is 36.1 Å². The lowest BCUT2D eigenvalue weighted by atomic mass is 9.86. The molecule has 0 aliphatic carbocycles. The number of nitrogens with one attached hydrogen (secondary N) is 1. The molecule has 2 aliphatic heterocycles. The smallest absolute Gasteiger partial charge is 0.322 e. The number of hydrogen-bond acceptors (Lipinski definition) is 2. The topological polar surface area (TPSA) is 35.6 Å². The molecule has 130 valence electrons. The third-order valence-corrected chi connectivity index (χ3v) is 5.54. The molecule has 4 nitrogen and oxygen atoms in total. The molecule has 0 aromatic heterocycles. The fourth-order valence-electron chi connectivity index (χ4n) is 4.14. The van der Waals surface area contributed by atoms with Gasteiger partial charge < -0.3 is 5.32 Å². The number of aryl methyl sites for hydroxylation is 1. The van der Waals surface area contributed by atoms with Crippen molar-refractivity contribution in [3.05, 3.63) is 65.7 Å². The van der Waals surface area contributed by atoms with Crippen LogP contribution < -0.4 is 10.2 Å². The van der Waals surface area contributed by atoms with Gasteiger partial charge in [-0.1, -0.05) is 42.5 Å². The fourth-order valence-corrected chi connectivity index (χ4v) is 4.14. The zero-order valence-corrected chi connectivity index (χ0v) is 14.7. The minimum absolute atomic E-state index is 0.0436. The van der Waals surface area contributed by atoms with Crippen molar-refractivity contribution >= 4 is 11.7 Å². The van der Waals surface area contributed by atoms with E-state index in [-0.39, 0.29) is 11.6 Å². The summed E-state index contributed by atoms with van der Waals surface area (Å²) in [5, 5.41) is 3.08. The molecular formula is C21H25N3O. The van der Waals surface area contributed by atoms with Crippen molar-refractivity contribution in [3.8, 4) is 0 Å². The highest BCUT2D eigenvalue weighted by atomic mass is 16.2. The van der Waals surface area contributed by atoms with Crippen LogP contribution in [0.1, 0.15) is 24.0 Å². The Kier molecular flexibility index (Phi) is 4.22.